The number of rotatable bonds is 7. The molecule has 1 aromatic rings. The highest BCUT2D eigenvalue weighted by atomic mass is 16.5. The fourth-order valence-corrected chi connectivity index (χ4v) is 4.60. The molecule has 0 unspecified atom stereocenters. The fraction of sp³-hybridized carbons (Fsp3) is 0.682. The molecule has 4 rings (SSSR count). The Kier molecular flexibility index (Phi) is 6.50. The highest BCUT2D eigenvalue weighted by Gasteiger charge is 2.40. The average Bonchev–Trinajstić information content (AvgIpc) is 3.09. The van der Waals surface area contributed by atoms with Crippen molar-refractivity contribution < 1.29 is 14.3 Å². The first-order chi connectivity index (χ1) is 13.7. The Labute approximate surface area is 168 Å². The van der Waals surface area contributed by atoms with Crippen molar-refractivity contribution in [1.82, 2.24) is 15.1 Å². The Bertz CT molecular complexity index is 652. The van der Waals surface area contributed by atoms with Crippen LogP contribution in [-0.4, -0.2) is 74.8 Å². The molecule has 0 bridgehead atoms. The second kappa shape index (κ2) is 9.25. The van der Waals surface area contributed by atoms with Gasteiger partial charge in [-0.05, 0) is 43.8 Å². The summed E-state index contributed by atoms with van der Waals surface area (Å²) < 4.78 is 11.5. The number of benzene rings is 1. The van der Waals surface area contributed by atoms with E-state index in [0.29, 0.717) is 6.42 Å². The van der Waals surface area contributed by atoms with Crippen molar-refractivity contribution in [2.45, 2.75) is 32.2 Å². The Morgan fingerprint density at radius 1 is 1.07 bits per heavy atom. The molecule has 3 heterocycles. The number of carbonyl (C=O) groups excluding carboxylic acids is 1. The van der Waals surface area contributed by atoms with Crippen molar-refractivity contribution >= 4 is 5.91 Å². The van der Waals surface area contributed by atoms with Gasteiger partial charge in [0.2, 0.25) is 5.91 Å². The lowest BCUT2D eigenvalue weighted by molar-refractivity contribution is -0.119. The van der Waals surface area contributed by atoms with Gasteiger partial charge in [0.05, 0.1) is 19.8 Å². The first kappa shape index (κ1) is 19.7. The average molecular weight is 388 g/mol. The normalized spacial score (nSPS) is 23.1. The third kappa shape index (κ3) is 5.04. The quantitative estimate of drug-likeness (QED) is 0.724. The highest BCUT2D eigenvalue weighted by Crippen LogP contribution is 2.38. The SMILES string of the molecule is O=C1CC2(CCN(Cc3ccccc3OCCCN3CCOCC3)CC2)CN1. The fourth-order valence-electron chi connectivity index (χ4n) is 4.60. The van der Waals surface area contributed by atoms with Gasteiger partial charge in [-0.25, -0.2) is 0 Å². The van der Waals surface area contributed by atoms with Crippen molar-refractivity contribution in [3.8, 4) is 5.75 Å². The number of piperidine rings is 1. The molecule has 1 aromatic carbocycles. The van der Waals surface area contributed by atoms with E-state index in [4.69, 9.17) is 9.47 Å². The molecule has 3 aliphatic rings. The molecule has 0 aromatic heterocycles. The van der Waals surface area contributed by atoms with Crippen LogP contribution in [0.25, 0.3) is 0 Å². The zero-order valence-electron chi connectivity index (χ0n) is 16.8. The van der Waals surface area contributed by atoms with Gasteiger partial charge in [0, 0.05) is 44.7 Å². The van der Waals surface area contributed by atoms with Gasteiger partial charge >= 0.3 is 0 Å². The summed E-state index contributed by atoms with van der Waals surface area (Å²) >= 11 is 0. The molecule has 3 aliphatic heterocycles. The summed E-state index contributed by atoms with van der Waals surface area (Å²) in [6, 6.07) is 8.43. The summed E-state index contributed by atoms with van der Waals surface area (Å²) in [5.74, 6) is 1.24. The van der Waals surface area contributed by atoms with Gasteiger partial charge in [-0.3, -0.25) is 14.6 Å². The summed E-state index contributed by atoms with van der Waals surface area (Å²) in [5, 5.41) is 3.02. The third-order valence-corrected chi connectivity index (χ3v) is 6.46. The third-order valence-electron chi connectivity index (χ3n) is 6.46. The van der Waals surface area contributed by atoms with Crippen LogP contribution < -0.4 is 10.1 Å². The van der Waals surface area contributed by atoms with E-state index in [1.54, 1.807) is 0 Å². The summed E-state index contributed by atoms with van der Waals surface area (Å²) in [6.45, 7) is 9.51. The molecule has 3 fully saturated rings. The van der Waals surface area contributed by atoms with Crippen molar-refractivity contribution in [2.75, 3.05) is 59.1 Å². The number of hydrogen-bond donors (Lipinski definition) is 1. The number of amides is 1. The van der Waals surface area contributed by atoms with E-state index < -0.39 is 0 Å². The Morgan fingerprint density at radius 2 is 1.86 bits per heavy atom. The Balaban J connectivity index is 1.23. The van der Waals surface area contributed by atoms with Gasteiger partial charge in [-0.1, -0.05) is 18.2 Å². The van der Waals surface area contributed by atoms with Crippen LogP contribution in [0.4, 0.5) is 0 Å². The lowest BCUT2D eigenvalue weighted by atomic mass is 9.77. The zero-order valence-corrected chi connectivity index (χ0v) is 16.8. The van der Waals surface area contributed by atoms with E-state index in [0.717, 1.165) is 90.6 Å². The lowest BCUT2D eigenvalue weighted by Crippen LogP contribution is -2.40. The van der Waals surface area contributed by atoms with Crippen LogP contribution in [0.3, 0.4) is 0 Å². The van der Waals surface area contributed by atoms with Crippen LogP contribution in [0.15, 0.2) is 24.3 Å². The van der Waals surface area contributed by atoms with E-state index in [1.165, 1.54) is 5.56 Å². The van der Waals surface area contributed by atoms with Crippen molar-refractivity contribution in [3.05, 3.63) is 29.8 Å². The molecule has 1 amide bonds. The maximum Gasteiger partial charge on any atom is 0.220 e. The minimum atomic E-state index is 0.211. The van der Waals surface area contributed by atoms with Crippen LogP contribution in [0, 0.1) is 5.41 Å². The molecule has 154 valence electrons. The maximum atomic E-state index is 11.6. The molecular weight excluding hydrogens is 354 g/mol. The van der Waals surface area contributed by atoms with E-state index in [2.05, 4.69) is 39.4 Å². The number of hydrogen-bond acceptors (Lipinski definition) is 5. The van der Waals surface area contributed by atoms with Crippen molar-refractivity contribution in [1.29, 1.82) is 0 Å². The molecule has 0 atom stereocenters. The van der Waals surface area contributed by atoms with Gasteiger partial charge in [-0.15, -0.1) is 0 Å². The van der Waals surface area contributed by atoms with Crippen molar-refractivity contribution in [3.63, 3.8) is 0 Å². The summed E-state index contributed by atoms with van der Waals surface area (Å²) in [6.07, 6.45) is 3.97. The molecule has 3 saturated heterocycles. The number of nitrogens with one attached hydrogen (secondary N) is 1. The lowest BCUT2D eigenvalue weighted by Gasteiger charge is -2.38. The molecule has 28 heavy (non-hydrogen) atoms. The molecule has 1 N–H and O–H groups in total. The first-order valence-corrected chi connectivity index (χ1v) is 10.7. The molecule has 0 aliphatic carbocycles. The van der Waals surface area contributed by atoms with E-state index >= 15 is 0 Å². The van der Waals surface area contributed by atoms with Gasteiger partial charge in [-0.2, -0.15) is 0 Å². The number of ether oxygens (including phenoxy) is 2. The largest absolute Gasteiger partial charge is 0.493 e. The van der Waals surface area contributed by atoms with Crippen LogP contribution in [0.1, 0.15) is 31.2 Å². The molecular formula is C22H33N3O3. The topological polar surface area (TPSA) is 54.0 Å². The van der Waals surface area contributed by atoms with Crippen LogP contribution >= 0.6 is 0 Å². The summed E-state index contributed by atoms with van der Waals surface area (Å²) in [4.78, 5) is 16.6. The second-order valence-electron chi connectivity index (χ2n) is 8.49. The van der Waals surface area contributed by atoms with Crippen LogP contribution in [0.2, 0.25) is 0 Å². The molecule has 6 nitrogen and oxygen atoms in total. The van der Waals surface area contributed by atoms with Gasteiger partial charge in [0.25, 0.3) is 0 Å². The van der Waals surface area contributed by atoms with Gasteiger partial charge in [0.1, 0.15) is 5.75 Å². The van der Waals surface area contributed by atoms with Crippen LogP contribution in [-0.2, 0) is 16.1 Å². The minimum absolute atomic E-state index is 0.211. The number of para-hydroxylation sites is 1. The monoisotopic (exact) mass is 387 g/mol. The highest BCUT2D eigenvalue weighted by molar-refractivity contribution is 5.79. The molecule has 0 radical (unpaired) electrons. The number of morpholine rings is 1. The van der Waals surface area contributed by atoms with Gasteiger partial charge < -0.3 is 14.8 Å². The van der Waals surface area contributed by atoms with E-state index in [-0.39, 0.29) is 11.3 Å². The van der Waals surface area contributed by atoms with Crippen LogP contribution in [0.5, 0.6) is 5.75 Å². The zero-order chi connectivity index (χ0) is 19.2. The van der Waals surface area contributed by atoms with Gasteiger partial charge in [0.15, 0.2) is 0 Å². The number of carbonyl (C=O) groups is 1. The summed E-state index contributed by atoms with van der Waals surface area (Å²) in [7, 11) is 0. The minimum Gasteiger partial charge on any atom is -0.493 e. The van der Waals surface area contributed by atoms with E-state index in [1.807, 2.05) is 0 Å². The molecule has 0 saturated carbocycles. The maximum absolute atomic E-state index is 11.6. The predicted octanol–water partition coefficient (Wildman–Crippen LogP) is 1.89. The predicted molar refractivity (Wildman–Crippen MR) is 108 cm³/mol. The molecule has 1 spiro atoms. The first-order valence-electron chi connectivity index (χ1n) is 10.7. The Hall–Kier alpha value is -1.63. The van der Waals surface area contributed by atoms with E-state index in [9.17, 15) is 4.79 Å². The standard InChI is InChI=1S/C22H33N3O3/c26-21-16-22(18-23-21)6-9-25(10-7-22)17-19-4-1-2-5-20(19)28-13-3-8-24-11-14-27-15-12-24/h1-2,4-5H,3,6-18H2,(H,23,26). The second-order valence-corrected chi connectivity index (χ2v) is 8.49. The van der Waals surface area contributed by atoms with Crippen molar-refractivity contribution in [2.24, 2.45) is 5.41 Å². The number of nitrogens with zero attached hydrogens (tertiary/aromatic N) is 2. The number of likely N-dealkylation sites (tertiary alicyclic amines) is 1. The Morgan fingerprint density at radius 3 is 2.61 bits per heavy atom. The molecule has 6 heteroatoms. The smallest absolute Gasteiger partial charge is 0.220 e. The summed E-state index contributed by atoms with van der Waals surface area (Å²) in [5.41, 5.74) is 1.48.